The maximum atomic E-state index is 13.0. The molecule has 0 aliphatic carbocycles. The van der Waals surface area contributed by atoms with E-state index in [9.17, 15) is 14.9 Å². The fourth-order valence-corrected chi connectivity index (χ4v) is 2.54. The summed E-state index contributed by atoms with van der Waals surface area (Å²) in [6.07, 6.45) is 0. The molecule has 0 aliphatic rings. The van der Waals surface area contributed by atoms with Gasteiger partial charge in [-0.2, -0.15) is 0 Å². The van der Waals surface area contributed by atoms with Crippen LogP contribution in [0.25, 0.3) is 0 Å². The van der Waals surface area contributed by atoms with Crippen LogP contribution in [0.4, 0.5) is 5.69 Å². The highest BCUT2D eigenvalue weighted by Crippen LogP contribution is 2.24. The average molecular weight is 362 g/mol. The second-order valence-corrected chi connectivity index (χ2v) is 6.34. The molecule has 0 saturated heterocycles. The Morgan fingerprint density at radius 2 is 1.80 bits per heavy atom. The SMILES string of the molecule is CN(C)CCN(Cc1ccccc1)C(=O)c1cc([N+](=O)[O-])ccc1Cl. The monoisotopic (exact) mass is 361 g/mol. The first-order valence-electron chi connectivity index (χ1n) is 7.80. The van der Waals surface area contributed by atoms with Gasteiger partial charge in [0.05, 0.1) is 15.5 Å². The number of nitro benzene ring substituents is 1. The van der Waals surface area contributed by atoms with E-state index in [0.717, 1.165) is 5.56 Å². The minimum absolute atomic E-state index is 0.144. The summed E-state index contributed by atoms with van der Waals surface area (Å²) in [5.41, 5.74) is 0.974. The van der Waals surface area contributed by atoms with Gasteiger partial charge in [0.1, 0.15) is 0 Å². The molecule has 0 aliphatic heterocycles. The molecule has 2 aromatic carbocycles. The molecule has 0 saturated carbocycles. The first kappa shape index (κ1) is 18.9. The Labute approximate surface area is 151 Å². The zero-order valence-electron chi connectivity index (χ0n) is 14.2. The highest BCUT2D eigenvalue weighted by Gasteiger charge is 2.21. The minimum atomic E-state index is -0.533. The van der Waals surface area contributed by atoms with Crippen LogP contribution in [0.15, 0.2) is 48.5 Å². The number of benzene rings is 2. The molecule has 0 spiro atoms. The number of carbonyl (C=O) groups is 1. The van der Waals surface area contributed by atoms with Gasteiger partial charge in [-0.05, 0) is 25.7 Å². The molecular weight excluding hydrogens is 342 g/mol. The lowest BCUT2D eigenvalue weighted by atomic mass is 10.1. The number of hydrogen-bond donors (Lipinski definition) is 0. The third-order valence-corrected chi connectivity index (χ3v) is 4.04. The highest BCUT2D eigenvalue weighted by atomic mass is 35.5. The molecule has 0 N–H and O–H groups in total. The number of rotatable bonds is 7. The fourth-order valence-electron chi connectivity index (χ4n) is 2.34. The predicted molar refractivity (Wildman–Crippen MR) is 97.8 cm³/mol. The summed E-state index contributed by atoms with van der Waals surface area (Å²) < 4.78 is 0. The molecule has 132 valence electrons. The van der Waals surface area contributed by atoms with Crippen LogP contribution in [0, 0.1) is 10.1 Å². The van der Waals surface area contributed by atoms with Gasteiger partial charge in [-0.15, -0.1) is 0 Å². The first-order valence-corrected chi connectivity index (χ1v) is 8.18. The Balaban J connectivity index is 2.30. The van der Waals surface area contributed by atoms with E-state index in [1.54, 1.807) is 4.90 Å². The number of carbonyl (C=O) groups excluding carboxylic acids is 1. The number of amides is 1. The van der Waals surface area contributed by atoms with Crippen LogP contribution in [0.1, 0.15) is 15.9 Å². The number of non-ortho nitro benzene ring substituents is 1. The van der Waals surface area contributed by atoms with Gasteiger partial charge in [0.15, 0.2) is 0 Å². The van der Waals surface area contributed by atoms with E-state index in [-0.39, 0.29) is 22.2 Å². The van der Waals surface area contributed by atoms with Gasteiger partial charge in [0, 0.05) is 31.8 Å². The number of nitrogens with zero attached hydrogens (tertiary/aromatic N) is 3. The molecule has 0 heterocycles. The van der Waals surface area contributed by atoms with Crippen LogP contribution in [0.2, 0.25) is 5.02 Å². The first-order chi connectivity index (χ1) is 11.9. The van der Waals surface area contributed by atoms with Crippen LogP contribution >= 0.6 is 11.6 Å². The van der Waals surface area contributed by atoms with Crippen LogP contribution in [0.5, 0.6) is 0 Å². The molecule has 7 heteroatoms. The van der Waals surface area contributed by atoms with Crippen LogP contribution < -0.4 is 0 Å². The average Bonchev–Trinajstić information content (AvgIpc) is 2.59. The quantitative estimate of drug-likeness (QED) is 0.559. The zero-order valence-corrected chi connectivity index (χ0v) is 14.9. The van der Waals surface area contributed by atoms with Gasteiger partial charge in [0.25, 0.3) is 11.6 Å². The van der Waals surface area contributed by atoms with Gasteiger partial charge in [-0.25, -0.2) is 0 Å². The Morgan fingerprint density at radius 1 is 1.12 bits per heavy atom. The summed E-state index contributed by atoms with van der Waals surface area (Å²) in [5, 5.41) is 11.2. The van der Waals surface area contributed by atoms with Crippen molar-refractivity contribution >= 4 is 23.2 Å². The van der Waals surface area contributed by atoms with Gasteiger partial charge < -0.3 is 9.80 Å². The van der Waals surface area contributed by atoms with E-state index < -0.39 is 4.92 Å². The van der Waals surface area contributed by atoms with Crippen molar-refractivity contribution in [3.05, 3.63) is 74.8 Å². The summed E-state index contributed by atoms with van der Waals surface area (Å²) >= 11 is 6.13. The Bertz CT molecular complexity index is 750. The van der Waals surface area contributed by atoms with Crippen molar-refractivity contribution in [1.82, 2.24) is 9.80 Å². The number of halogens is 1. The smallest absolute Gasteiger partial charge is 0.270 e. The van der Waals surface area contributed by atoms with Crippen molar-refractivity contribution in [2.75, 3.05) is 27.2 Å². The third-order valence-electron chi connectivity index (χ3n) is 3.71. The van der Waals surface area contributed by atoms with Gasteiger partial charge in [0.2, 0.25) is 0 Å². The molecular formula is C18H20ClN3O3. The lowest BCUT2D eigenvalue weighted by Crippen LogP contribution is -2.36. The molecule has 1 amide bonds. The normalized spacial score (nSPS) is 10.7. The third kappa shape index (κ3) is 5.27. The fraction of sp³-hybridized carbons (Fsp3) is 0.278. The van der Waals surface area contributed by atoms with Crippen molar-refractivity contribution in [3.63, 3.8) is 0 Å². The van der Waals surface area contributed by atoms with Crippen LogP contribution in [-0.2, 0) is 6.54 Å². The molecule has 0 fully saturated rings. The summed E-state index contributed by atoms with van der Waals surface area (Å²) in [6.45, 7) is 1.57. The summed E-state index contributed by atoms with van der Waals surface area (Å²) in [4.78, 5) is 27.0. The molecule has 2 rings (SSSR count). The van der Waals surface area contributed by atoms with E-state index in [1.807, 2.05) is 49.3 Å². The number of hydrogen-bond acceptors (Lipinski definition) is 4. The van der Waals surface area contributed by atoms with Crippen LogP contribution in [-0.4, -0.2) is 47.8 Å². The highest BCUT2D eigenvalue weighted by molar-refractivity contribution is 6.33. The maximum Gasteiger partial charge on any atom is 0.270 e. The number of likely N-dealkylation sites (N-methyl/N-ethyl adjacent to an activating group) is 1. The van der Waals surface area contributed by atoms with Crippen molar-refractivity contribution < 1.29 is 9.72 Å². The van der Waals surface area contributed by atoms with Crippen molar-refractivity contribution in [3.8, 4) is 0 Å². The zero-order chi connectivity index (χ0) is 18.4. The molecule has 0 atom stereocenters. The standard InChI is InChI=1S/C18H20ClN3O3/c1-20(2)10-11-21(13-14-6-4-3-5-7-14)18(23)16-12-15(22(24)25)8-9-17(16)19/h3-9,12H,10-11,13H2,1-2H3. The van der Waals surface area contributed by atoms with E-state index in [1.165, 1.54) is 18.2 Å². The molecule has 0 aromatic heterocycles. The van der Waals surface area contributed by atoms with Gasteiger partial charge >= 0.3 is 0 Å². The summed E-state index contributed by atoms with van der Waals surface area (Å²) in [7, 11) is 3.84. The van der Waals surface area contributed by atoms with Crippen molar-refractivity contribution in [1.29, 1.82) is 0 Å². The second kappa shape index (κ2) is 8.60. The van der Waals surface area contributed by atoms with Crippen LogP contribution in [0.3, 0.4) is 0 Å². The molecule has 6 nitrogen and oxygen atoms in total. The predicted octanol–water partition coefficient (Wildman–Crippen LogP) is 3.45. The molecule has 25 heavy (non-hydrogen) atoms. The van der Waals surface area contributed by atoms with Gasteiger partial charge in [-0.1, -0.05) is 41.9 Å². The Hall–Kier alpha value is -2.44. The lowest BCUT2D eigenvalue weighted by Gasteiger charge is -2.25. The van der Waals surface area contributed by atoms with E-state index in [0.29, 0.717) is 19.6 Å². The lowest BCUT2D eigenvalue weighted by molar-refractivity contribution is -0.384. The van der Waals surface area contributed by atoms with Crippen molar-refractivity contribution in [2.45, 2.75) is 6.54 Å². The summed E-state index contributed by atoms with van der Waals surface area (Å²) in [6, 6.07) is 13.5. The second-order valence-electron chi connectivity index (χ2n) is 5.94. The number of nitro groups is 1. The molecule has 0 bridgehead atoms. The maximum absolute atomic E-state index is 13.0. The molecule has 2 aromatic rings. The van der Waals surface area contributed by atoms with E-state index in [2.05, 4.69) is 0 Å². The topological polar surface area (TPSA) is 66.7 Å². The molecule has 0 radical (unpaired) electrons. The minimum Gasteiger partial charge on any atom is -0.333 e. The summed E-state index contributed by atoms with van der Waals surface area (Å²) in [5.74, 6) is -0.320. The largest absolute Gasteiger partial charge is 0.333 e. The molecule has 0 unspecified atom stereocenters. The Morgan fingerprint density at radius 3 is 2.40 bits per heavy atom. The van der Waals surface area contributed by atoms with E-state index in [4.69, 9.17) is 11.6 Å². The van der Waals surface area contributed by atoms with Gasteiger partial charge in [-0.3, -0.25) is 14.9 Å². The Kier molecular flexibility index (Phi) is 6.50. The van der Waals surface area contributed by atoms with Crippen molar-refractivity contribution in [2.24, 2.45) is 0 Å². The van der Waals surface area contributed by atoms with E-state index >= 15 is 0 Å².